The van der Waals surface area contributed by atoms with Gasteiger partial charge in [0, 0.05) is 0 Å². The van der Waals surface area contributed by atoms with E-state index in [4.69, 9.17) is 39.0 Å². The van der Waals surface area contributed by atoms with Gasteiger partial charge in [0.05, 0.1) is 0 Å². The van der Waals surface area contributed by atoms with Crippen LogP contribution in [0, 0.1) is 11.8 Å². The quantitative estimate of drug-likeness (QED) is 0.0276. The Morgan fingerprint density at radius 2 is 1.10 bits per heavy atom. The van der Waals surface area contributed by atoms with Crippen LogP contribution in [0.1, 0.15) is 51.7 Å². The number of carbonyl (C=O) groups is 2. The number of nitrogens with two attached hydrogens (primary N) is 2. The standard InChI is InChI=1S/C50H74N6O17P2S2/c1-35(2)29-54(76(64,65)43-19-15-39(51)16-20-43)31-47(45(27-37-11-7-5-8-12-37)53-49(57)70-42-24-26-69-34-42)71-74(60,61)73-75(62,63)72-48(32-55(30-36(3)4)77(66,67)44-21-17-40(52)18-22-44)46(28-38-13-9-6-10-14-38)56(50(58)59)41-23-25-68-33-41/h5-22,35-36,41-42,45-48,60-63,74-75H,23-34,51-52H2,1-4H3,(H,53,57)(H,58,59)/t41-,42-,45-,46-,47+,48-/m0/s1. The van der Waals surface area contributed by atoms with Gasteiger partial charge in [0.15, 0.2) is 0 Å². The van der Waals surface area contributed by atoms with Crippen molar-refractivity contribution in [3.8, 4) is 0 Å². The zero-order chi connectivity index (χ0) is 56.1. The second-order valence-electron chi connectivity index (χ2n) is 19.9. The Morgan fingerprint density at radius 1 is 0.649 bits per heavy atom. The van der Waals surface area contributed by atoms with E-state index in [0.29, 0.717) is 24.2 Å². The van der Waals surface area contributed by atoms with Gasteiger partial charge in [-0.15, -0.1) is 0 Å². The van der Waals surface area contributed by atoms with E-state index in [9.17, 15) is 51.1 Å². The molecule has 0 spiro atoms. The normalized spacial score (nSPS) is 18.5. The molecule has 2 amide bonds. The van der Waals surface area contributed by atoms with Gasteiger partial charge in [-0.25, -0.2) is 0 Å². The number of anilines is 2. The number of rotatable bonds is 28. The van der Waals surface area contributed by atoms with Crippen molar-refractivity contribution in [3.05, 3.63) is 120 Å². The molecule has 6 atom stereocenters. The van der Waals surface area contributed by atoms with Crippen molar-refractivity contribution >= 4 is 59.9 Å². The fraction of sp³-hybridized carbons (Fsp3) is 0.480. The topological polar surface area (TPSA) is 333 Å². The molecule has 2 aliphatic rings. The van der Waals surface area contributed by atoms with Crippen LogP contribution in [0.5, 0.6) is 0 Å². The minimum absolute atomic E-state index is 0.0678. The van der Waals surface area contributed by atoms with Crippen LogP contribution in [0.15, 0.2) is 119 Å². The Kier molecular flexibility index (Phi) is 22.0. The third kappa shape index (κ3) is 18.2. The van der Waals surface area contributed by atoms with E-state index in [1.807, 2.05) is 0 Å². The van der Waals surface area contributed by atoms with Crippen molar-refractivity contribution in [2.45, 2.75) is 99.6 Å². The number of amides is 2. The molecular weight excluding hydrogens is 1080 g/mol. The summed E-state index contributed by atoms with van der Waals surface area (Å²) in [6, 6.07) is 24.1. The van der Waals surface area contributed by atoms with Crippen LogP contribution in [0.2, 0.25) is 0 Å². The summed E-state index contributed by atoms with van der Waals surface area (Å²) in [4.78, 5) is 76.0. The summed E-state index contributed by atoms with van der Waals surface area (Å²) in [5, 5.41) is 13.7. The molecule has 0 radical (unpaired) electrons. The van der Waals surface area contributed by atoms with Gasteiger partial charge in [0.25, 0.3) is 0 Å². The minimum atomic E-state index is -6.17. The third-order valence-electron chi connectivity index (χ3n) is 12.6. The van der Waals surface area contributed by atoms with Crippen LogP contribution < -0.4 is 16.8 Å². The van der Waals surface area contributed by atoms with Crippen molar-refractivity contribution in [1.82, 2.24) is 18.8 Å². The van der Waals surface area contributed by atoms with E-state index in [1.165, 1.54) is 48.5 Å². The molecule has 4 aromatic rings. The van der Waals surface area contributed by atoms with Crippen molar-refractivity contribution in [1.29, 1.82) is 0 Å². The number of sulfonamides is 2. The van der Waals surface area contributed by atoms with Crippen molar-refractivity contribution in [2.75, 3.05) is 64.1 Å². The predicted molar refractivity (Wildman–Crippen MR) is 291 cm³/mol. The number of carbonyl (C=O) groups excluding carboxylic acids is 1. The fourth-order valence-electron chi connectivity index (χ4n) is 9.10. The monoisotopic (exact) mass is 1160 g/mol. The molecule has 0 saturated carbocycles. The number of nitrogens with one attached hydrogen (secondary N) is 1. The maximum absolute atomic E-state index is 14.6. The van der Waals surface area contributed by atoms with Gasteiger partial charge in [-0.2, -0.15) is 0 Å². The molecule has 2 aliphatic heterocycles. The average Bonchev–Trinajstić information content (AvgIpc) is 4.09. The van der Waals surface area contributed by atoms with E-state index >= 15 is 0 Å². The van der Waals surface area contributed by atoms with Crippen molar-refractivity contribution in [2.24, 2.45) is 11.8 Å². The molecular formula is C50H74N6O17P2S2. The zero-order valence-electron chi connectivity index (χ0n) is 43.4. The van der Waals surface area contributed by atoms with E-state index in [2.05, 4.69) is 5.32 Å². The number of hydrogen-bond donors (Lipinski definition) is 8. The van der Waals surface area contributed by atoms with Gasteiger partial charge < -0.3 is 0 Å². The first-order valence-corrected chi connectivity index (χ1v) is 31.5. The maximum atomic E-state index is 14.6. The number of hydrogen-bond acceptors (Lipinski definition) is 18. The number of nitrogen functional groups attached to an aromatic ring is 2. The van der Waals surface area contributed by atoms with Gasteiger partial charge in [-0.05, 0) is 0 Å². The van der Waals surface area contributed by atoms with Gasteiger partial charge in [-0.1, -0.05) is 0 Å². The first-order valence-electron chi connectivity index (χ1n) is 25.2. The van der Waals surface area contributed by atoms with E-state index < -0.39 is 98.1 Å². The molecule has 0 unspecified atom stereocenters. The van der Waals surface area contributed by atoms with E-state index in [-0.39, 0.29) is 85.2 Å². The number of alkyl carbamates (subject to hydrolysis) is 1. The van der Waals surface area contributed by atoms with Crippen LogP contribution in [-0.4, -0.2) is 156 Å². The van der Waals surface area contributed by atoms with Crippen LogP contribution >= 0.6 is 16.3 Å². The Morgan fingerprint density at radius 3 is 1.55 bits per heavy atom. The summed E-state index contributed by atoms with van der Waals surface area (Å²) in [6.45, 7) is 5.65. The van der Waals surface area contributed by atoms with Crippen LogP contribution in [0.3, 0.4) is 0 Å². The second-order valence-corrected chi connectivity index (χ2v) is 27.2. The average molecular weight is 1160 g/mol. The van der Waals surface area contributed by atoms with Gasteiger partial charge >= 0.3 is 453 Å². The number of ether oxygens (including phenoxy) is 3. The summed E-state index contributed by atoms with van der Waals surface area (Å²) in [7, 11) is -21.3. The molecule has 0 aromatic heterocycles. The van der Waals surface area contributed by atoms with Crippen LogP contribution in [0.4, 0.5) is 21.0 Å². The molecule has 428 valence electrons. The molecule has 2 saturated heterocycles. The molecule has 2 heterocycles. The number of nitrogens with zero attached hydrogens (tertiary/aromatic N) is 3. The summed E-state index contributed by atoms with van der Waals surface area (Å²) < 4.78 is 94.4. The van der Waals surface area contributed by atoms with Gasteiger partial charge in [0.1, 0.15) is 0 Å². The molecule has 4 aromatic carbocycles. The summed E-state index contributed by atoms with van der Waals surface area (Å²) in [5.74, 6) is -0.717. The van der Waals surface area contributed by atoms with Crippen LogP contribution in [0.25, 0.3) is 0 Å². The summed E-state index contributed by atoms with van der Waals surface area (Å²) in [6.07, 6.45) is -6.52. The third-order valence-corrected chi connectivity index (χ3v) is 19.7. The Bertz CT molecular complexity index is 2730. The Balaban J connectivity index is 1.44. The Labute approximate surface area is 451 Å². The second kappa shape index (κ2) is 27.5. The summed E-state index contributed by atoms with van der Waals surface area (Å²) in [5.41, 5.74) is 13.5. The van der Waals surface area contributed by atoms with Crippen molar-refractivity contribution < 1.29 is 78.7 Å². The molecule has 27 heteroatoms. The first-order chi connectivity index (χ1) is 36.3. The van der Waals surface area contributed by atoms with Crippen molar-refractivity contribution in [3.63, 3.8) is 0 Å². The predicted octanol–water partition coefficient (Wildman–Crippen LogP) is 4.93. The van der Waals surface area contributed by atoms with Crippen LogP contribution in [-0.2, 0) is 60.5 Å². The summed E-state index contributed by atoms with van der Waals surface area (Å²) >= 11 is 0. The van der Waals surface area contributed by atoms with E-state index in [0.717, 1.165) is 13.5 Å². The molecule has 0 aliphatic carbocycles. The van der Waals surface area contributed by atoms with E-state index in [1.54, 1.807) is 88.4 Å². The first kappa shape index (κ1) is 61.6. The SMILES string of the molecule is CC(C)CN(C[C@H](O[PH](O)(O)O[PH](O)(O)O[C@H](CN(CC(C)C)S(=O)(=O)c1ccc(N)cc1)[C@H](Cc1ccccc1)NC(=O)O[C@H]1CCOC1)[C@H](Cc1ccccc1)N(C(=O)O)[C@H]1CCOC1)S(=O)(=O)c1ccc(N)cc1. The molecule has 2 fully saturated rings. The molecule has 10 N–H and O–H groups in total. The Hall–Kier alpha value is -4.66. The molecule has 6 rings (SSSR count). The van der Waals surface area contributed by atoms with Gasteiger partial charge in [-0.3, -0.25) is 0 Å². The number of benzene rings is 4. The number of carboxylic acid groups (broad SMARTS) is 1. The zero-order valence-corrected chi connectivity index (χ0v) is 47.1. The molecule has 23 nitrogen and oxygen atoms in total. The molecule has 0 bridgehead atoms. The fourth-order valence-corrected chi connectivity index (χ4v) is 15.4. The van der Waals surface area contributed by atoms with Gasteiger partial charge in [0.2, 0.25) is 0 Å². The molecule has 77 heavy (non-hydrogen) atoms.